The van der Waals surface area contributed by atoms with Crippen molar-refractivity contribution >= 4 is 0 Å². The second-order valence-corrected chi connectivity index (χ2v) is 3.03. The van der Waals surface area contributed by atoms with Gasteiger partial charge in [0.2, 0.25) is 0 Å². The van der Waals surface area contributed by atoms with Gasteiger partial charge in [0.25, 0.3) is 0 Å². The van der Waals surface area contributed by atoms with Gasteiger partial charge in [-0.2, -0.15) is 13.2 Å². The fourth-order valence-electron chi connectivity index (χ4n) is 1.04. The van der Waals surface area contributed by atoms with E-state index < -0.39 is 30.3 Å². The van der Waals surface area contributed by atoms with Gasteiger partial charge in [0.1, 0.15) is 11.6 Å². The number of aromatic hydroxyl groups is 1. The minimum absolute atomic E-state index is 0.278. The van der Waals surface area contributed by atoms with E-state index in [1.165, 1.54) is 0 Å². The Balaban J connectivity index is 2.85. The second-order valence-electron chi connectivity index (χ2n) is 3.03. The van der Waals surface area contributed by atoms with Crippen LogP contribution in [-0.4, -0.2) is 22.5 Å². The zero-order valence-corrected chi connectivity index (χ0v) is 7.42. The van der Waals surface area contributed by atoms with Gasteiger partial charge in [-0.1, -0.05) is 0 Å². The third-order valence-electron chi connectivity index (χ3n) is 1.83. The summed E-state index contributed by atoms with van der Waals surface area (Å²) in [6, 6.07) is 2.61. The van der Waals surface area contributed by atoms with Gasteiger partial charge in [-0.15, -0.1) is 0 Å². The van der Waals surface area contributed by atoms with Crippen LogP contribution < -0.4 is 0 Å². The minimum Gasteiger partial charge on any atom is -0.508 e. The molecule has 0 aliphatic carbocycles. The largest absolute Gasteiger partial charge is 0.508 e. The van der Waals surface area contributed by atoms with Crippen molar-refractivity contribution in [2.75, 3.05) is 0 Å². The molecule has 0 amide bonds. The molecule has 1 aromatic carbocycles. The summed E-state index contributed by atoms with van der Waals surface area (Å²) >= 11 is 0. The molecule has 1 atom stereocenters. The highest BCUT2D eigenvalue weighted by Gasteiger charge is 2.38. The summed E-state index contributed by atoms with van der Waals surface area (Å²) in [6.45, 7) is 0. The van der Waals surface area contributed by atoms with Crippen molar-refractivity contribution in [1.82, 2.24) is 0 Å². The molecule has 84 valence electrons. The molecule has 0 bridgehead atoms. The number of hydrogen-bond donors (Lipinski definition) is 2. The van der Waals surface area contributed by atoms with Gasteiger partial charge >= 0.3 is 6.18 Å². The van der Waals surface area contributed by atoms with Gasteiger partial charge in [-0.25, -0.2) is 4.39 Å². The average molecular weight is 224 g/mol. The maximum Gasteiger partial charge on any atom is 0.414 e. The predicted octanol–water partition coefficient (Wildman–Crippen LogP) is 2.00. The van der Waals surface area contributed by atoms with E-state index in [4.69, 9.17) is 10.2 Å². The molecule has 2 nitrogen and oxygen atoms in total. The SMILES string of the molecule is Oc1ccc(F)cc1CC(O)C(F)(F)F. The van der Waals surface area contributed by atoms with E-state index in [0.717, 1.165) is 18.2 Å². The van der Waals surface area contributed by atoms with Crippen LogP contribution in [0.4, 0.5) is 17.6 Å². The van der Waals surface area contributed by atoms with E-state index in [0.29, 0.717) is 0 Å². The molecular weight excluding hydrogens is 216 g/mol. The van der Waals surface area contributed by atoms with E-state index in [2.05, 4.69) is 0 Å². The van der Waals surface area contributed by atoms with Crippen molar-refractivity contribution in [3.05, 3.63) is 29.6 Å². The van der Waals surface area contributed by atoms with Crippen molar-refractivity contribution in [1.29, 1.82) is 0 Å². The quantitative estimate of drug-likeness (QED) is 0.754. The van der Waals surface area contributed by atoms with Crippen LogP contribution >= 0.6 is 0 Å². The molecule has 1 rings (SSSR count). The first-order valence-electron chi connectivity index (χ1n) is 4.03. The molecule has 0 fully saturated rings. The molecule has 0 saturated heterocycles. The maximum atomic E-state index is 12.6. The summed E-state index contributed by atoms with van der Waals surface area (Å²) in [4.78, 5) is 0. The first-order chi connectivity index (χ1) is 6.80. The van der Waals surface area contributed by atoms with Crippen molar-refractivity contribution in [3.8, 4) is 5.75 Å². The lowest BCUT2D eigenvalue weighted by atomic mass is 10.1. The van der Waals surface area contributed by atoms with Gasteiger partial charge in [0.15, 0.2) is 6.10 Å². The Morgan fingerprint density at radius 2 is 1.87 bits per heavy atom. The van der Waals surface area contributed by atoms with Gasteiger partial charge in [0.05, 0.1) is 0 Å². The van der Waals surface area contributed by atoms with Gasteiger partial charge < -0.3 is 10.2 Å². The van der Waals surface area contributed by atoms with E-state index in [1.807, 2.05) is 0 Å². The maximum absolute atomic E-state index is 12.6. The van der Waals surface area contributed by atoms with Crippen LogP contribution in [0.1, 0.15) is 5.56 Å². The molecule has 0 aliphatic rings. The monoisotopic (exact) mass is 224 g/mol. The molecule has 2 N–H and O–H groups in total. The Morgan fingerprint density at radius 1 is 1.27 bits per heavy atom. The number of aliphatic hydroxyl groups excluding tert-OH is 1. The molecule has 1 aromatic rings. The fourth-order valence-corrected chi connectivity index (χ4v) is 1.04. The van der Waals surface area contributed by atoms with Crippen LogP contribution in [0.25, 0.3) is 0 Å². The van der Waals surface area contributed by atoms with Crippen LogP contribution in [0.5, 0.6) is 5.75 Å². The first-order valence-corrected chi connectivity index (χ1v) is 4.03. The number of hydrogen-bond acceptors (Lipinski definition) is 2. The van der Waals surface area contributed by atoms with Gasteiger partial charge in [-0.05, 0) is 23.8 Å². The Morgan fingerprint density at radius 3 is 2.40 bits per heavy atom. The molecule has 1 unspecified atom stereocenters. The number of halogens is 4. The lowest BCUT2D eigenvalue weighted by molar-refractivity contribution is -0.203. The molecule has 0 heterocycles. The van der Waals surface area contributed by atoms with E-state index >= 15 is 0 Å². The molecule has 0 aliphatic heterocycles. The van der Waals surface area contributed by atoms with Crippen LogP contribution in [0.2, 0.25) is 0 Å². The topological polar surface area (TPSA) is 40.5 Å². The standard InChI is InChI=1S/C9H8F4O2/c10-6-1-2-7(14)5(3-6)4-8(15)9(11,12)13/h1-3,8,14-15H,4H2. The Bertz CT molecular complexity index is 348. The highest BCUT2D eigenvalue weighted by molar-refractivity contribution is 5.33. The van der Waals surface area contributed by atoms with Crippen molar-refractivity contribution < 1.29 is 27.8 Å². The lowest BCUT2D eigenvalue weighted by Gasteiger charge is -2.14. The zero-order valence-electron chi connectivity index (χ0n) is 7.42. The number of aliphatic hydroxyl groups is 1. The number of rotatable bonds is 2. The third-order valence-corrected chi connectivity index (χ3v) is 1.83. The lowest BCUT2D eigenvalue weighted by Crippen LogP contribution is -2.30. The van der Waals surface area contributed by atoms with Crippen LogP contribution in [0, 0.1) is 5.82 Å². The molecule has 0 aromatic heterocycles. The summed E-state index contributed by atoms with van der Waals surface area (Å²) < 4.78 is 48.4. The summed E-state index contributed by atoms with van der Waals surface area (Å²) in [6.07, 6.45) is -8.25. The minimum atomic E-state index is -4.78. The number of alkyl halides is 3. The molecule has 6 heteroatoms. The average Bonchev–Trinajstić information content (AvgIpc) is 2.09. The third kappa shape index (κ3) is 3.09. The Hall–Kier alpha value is -1.30. The van der Waals surface area contributed by atoms with Crippen molar-refractivity contribution in [2.24, 2.45) is 0 Å². The smallest absolute Gasteiger partial charge is 0.414 e. The Labute approximate surface area is 82.8 Å². The van der Waals surface area contributed by atoms with Crippen molar-refractivity contribution in [3.63, 3.8) is 0 Å². The van der Waals surface area contributed by atoms with Gasteiger partial charge in [0, 0.05) is 6.42 Å². The molecule has 0 saturated carbocycles. The van der Waals surface area contributed by atoms with Crippen LogP contribution in [0.15, 0.2) is 18.2 Å². The highest BCUT2D eigenvalue weighted by atomic mass is 19.4. The van der Waals surface area contributed by atoms with Crippen molar-refractivity contribution in [2.45, 2.75) is 18.7 Å². The number of phenols is 1. The first kappa shape index (κ1) is 11.8. The second kappa shape index (κ2) is 4.06. The molecular formula is C9H8F4O2. The molecule has 0 radical (unpaired) electrons. The van der Waals surface area contributed by atoms with Crippen LogP contribution in [0.3, 0.4) is 0 Å². The van der Waals surface area contributed by atoms with E-state index in [9.17, 15) is 17.6 Å². The predicted molar refractivity (Wildman–Crippen MR) is 43.8 cm³/mol. The van der Waals surface area contributed by atoms with E-state index in [-0.39, 0.29) is 5.56 Å². The van der Waals surface area contributed by atoms with Gasteiger partial charge in [-0.3, -0.25) is 0 Å². The molecule has 15 heavy (non-hydrogen) atoms. The summed E-state index contributed by atoms with van der Waals surface area (Å²) in [5, 5.41) is 17.8. The highest BCUT2D eigenvalue weighted by Crippen LogP contribution is 2.26. The fraction of sp³-hybridized carbons (Fsp3) is 0.333. The summed E-state index contributed by atoms with van der Waals surface area (Å²) in [7, 11) is 0. The van der Waals surface area contributed by atoms with Crippen LogP contribution in [-0.2, 0) is 6.42 Å². The Kier molecular flexibility index (Phi) is 3.18. The number of phenolic OH excluding ortho intramolecular Hbond substituents is 1. The molecule has 0 spiro atoms. The zero-order chi connectivity index (χ0) is 11.6. The van der Waals surface area contributed by atoms with E-state index in [1.54, 1.807) is 0 Å². The summed E-state index contributed by atoms with van der Waals surface area (Å²) in [5.41, 5.74) is -0.278. The number of benzene rings is 1. The summed E-state index contributed by atoms with van der Waals surface area (Å²) in [5.74, 6) is -1.24. The normalized spacial score (nSPS) is 13.9.